The number of amides is 1. The lowest BCUT2D eigenvalue weighted by Crippen LogP contribution is -2.35. The number of nitrogens with zero attached hydrogens (tertiary/aromatic N) is 3. The maximum absolute atomic E-state index is 12.9. The van der Waals surface area contributed by atoms with Gasteiger partial charge in [0.25, 0.3) is 5.91 Å². The molecule has 2 aliphatic rings. The number of likely N-dealkylation sites (tertiary alicyclic amines) is 1. The van der Waals surface area contributed by atoms with E-state index in [1.807, 2.05) is 30.0 Å². The summed E-state index contributed by atoms with van der Waals surface area (Å²) in [4.78, 5) is 23.1. The summed E-state index contributed by atoms with van der Waals surface area (Å²) in [6.45, 7) is 4.21. The van der Waals surface area contributed by atoms with Crippen LogP contribution >= 0.6 is 0 Å². The molecule has 25 heavy (non-hydrogen) atoms. The zero-order chi connectivity index (χ0) is 17.3. The summed E-state index contributed by atoms with van der Waals surface area (Å²) in [5.74, 6) is 1.41. The second-order valence-electron chi connectivity index (χ2n) is 7.37. The minimum absolute atomic E-state index is 0.0722. The number of carbonyl (C=O) groups excluding carboxylic acids is 1. The average Bonchev–Trinajstić information content (AvgIpc) is 3.17. The molecule has 2 atom stereocenters. The van der Waals surface area contributed by atoms with Gasteiger partial charge in [-0.2, -0.15) is 0 Å². The van der Waals surface area contributed by atoms with E-state index >= 15 is 0 Å². The Bertz CT molecular complexity index is 765. The molecule has 1 saturated heterocycles. The van der Waals surface area contributed by atoms with Gasteiger partial charge in [0.05, 0.1) is 18.4 Å². The van der Waals surface area contributed by atoms with Crippen molar-refractivity contribution < 1.29 is 9.53 Å². The van der Waals surface area contributed by atoms with Gasteiger partial charge in [0.2, 0.25) is 0 Å². The standard InChI is InChI=1S/C20H23N3O2/c1-15-8-16(10-22-9-15)19(24)23-12-17-4-2-6-20(17,13-23)14-25-18-5-3-7-21-11-18/h3,5,7-11,17H,2,4,6,12-14H2,1H3/t17-,20+/m1/s1. The van der Waals surface area contributed by atoms with E-state index in [2.05, 4.69) is 9.97 Å². The first kappa shape index (κ1) is 16.1. The summed E-state index contributed by atoms with van der Waals surface area (Å²) in [6, 6.07) is 5.74. The van der Waals surface area contributed by atoms with Gasteiger partial charge in [-0.3, -0.25) is 14.8 Å². The van der Waals surface area contributed by atoms with Crippen molar-refractivity contribution in [3.8, 4) is 5.75 Å². The molecule has 1 amide bonds. The molecular weight excluding hydrogens is 314 g/mol. The molecule has 3 heterocycles. The lowest BCUT2D eigenvalue weighted by Gasteiger charge is -2.28. The van der Waals surface area contributed by atoms with Gasteiger partial charge >= 0.3 is 0 Å². The van der Waals surface area contributed by atoms with Crippen LogP contribution in [0.2, 0.25) is 0 Å². The molecule has 130 valence electrons. The van der Waals surface area contributed by atoms with Gasteiger partial charge in [-0.15, -0.1) is 0 Å². The van der Waals surface area contributed by atoms with Crippen molar-refractivity contribution in [1.82, 2.24) is 14.9 Å². The highest BCUT2D eigenvalue weighted by Crippen LogP contribution is 2.49. The lowest BCUT2D eigenvalue weighted by atomic mass is 9.81. The van der Waals surface area contributed by atoms with Crippen molar-refractivity contribution in [2.75, 3.05) is 19.7 Å². The number of rotatable bonds is 4. The Labute approximate surface area is 148 Å². The molecule has 2 aromatic heterocycles. The molecule has 1 aliphatic carbocycles. The predicted molar refractivity (Wildman–Crippen MR) is 94.4 cm³/mol. The van der Waals surface area contributed by atoms with E-state index < -0.39 is 0 Å². The van der Waals surface area contributed by atoms with Crippen LogP contribution in [0.25, 0.3) is 0 Å². The van der Waals surface area contributed by atoms with Crippen LogP contribution in [-0.4, -0.2) is 40.5 Å². The maximum atomic E-state index is 12.9. The summed E-state index contributed by atoms with van der Waals surface area (Å²) >= 11 is 0. The van der Waals surface area contributed by atoms with Crippen molar-refractivity contribution in [2.45, 2.75) is 26.2 Å². The van der Waals surface area contributed by atoms with Crippen LogP contribution in [0.4, 0.5) is 0 Å². The molecular formula is C20H23N3O2. The molecule has 0 aromatic carbocycles. The number of aryl methyl sites for hydroxylation is 1. The third-order valence-corrected chi connectivity index (χ3v) is 5.61. The molecule has 0 spiro atoms. The predicted octanol–water partition coefficient (Wildman–Crippen LogP) is 3.11. The van der Waals surface area contributed by atoms with Crippen LogP contribution in [0.1, 0.15) is 35.2 Å². The van der Waals surface area contributed by atoms with Crippen molar-refractivity contribution in [3.63, 3.8) is 0 Å². The largest absolute Gasteiger partial charge is 0.491 e. The van der Waals surface area contributed by atoms with Gasteiger partial charge in [-0.25, -0.2) is 0 Å². The Balaban J connectivity index is 1.48. The minimum Gasteiger partial charge on any atom is -0.491 e. The lowest BCUT2D eigenvalue weighted by molar-refractivity contribution is 0.0746. The van der Waals surface area contributed by atoms with Gasteiger partial charge in [-0.05, 0) is 49.4 Å². The highest BCUT2D eigenvalue weighted by Gasteiger charge is 2.51. The Kier molecular flexibility index (Phi) is 4.15. The number of fused-ring (bicyclic) bond motifs is 1. The quantitative estimate of drug-likeness (QED) is 0.860. The highest BCUT2D eigenvalue weighted by atomic mass is 16.5. The molecule has 1 saturated carbocycles. The molecule has 4 rings (SSSR count). The highest BCUT2D eigenvalue weighted by molar-refractivity contribution is 5.94. The van der Waals surface area contributed by atoms with Crippen molar-refractivity contribution >= 4 is 5.91 Å². The Morgan fingerprint density at radius 2 is 2.28 bits per heavy atom. The summed E-state index contributed by atoms with van der Waals surface area (Å²) in [5, 5.41) is 0. The fraction of sp³-hybridized carbons (Fsp3) is 0.450. The van der Waals surface area contributed by atoms with Gasteiger partial charge in [0.15, 0.2) is 0 Å². The topological polar surface area (TPSA) is 55.3 Å². The van der Waals surface area contributed by atoms with E-state index in [-0.39, 0.29) is 11.3 Å². The minimum atomic E-state index is 0.0722. The molecule has 1 aliphatic heterocycles. The van der Waals surface area contributed by atoms with Crippen LogP contribution in [0.5, 0.6) is 5.75 Å². The molecule has 2 aromatic rings. The van der Waals surface area contributed by atoms with E-state index in [1.165, 1.54) is 12.8 Å². The summed E-state index contributed by atoms with van der Waals surface area (Å²) < 4.78 is 6.03. The second-order valence-corrected chi connectivity index (χ2v) is 7.37. The van der Waals surface area contributed by atoms with Crippen molar-refractivity contribution in [1.29, 1.82) is 0 Å². The number of aromatic nitrogens is 2. The first-order valence-electron chi connectivity index (χ1n) is 8.90. The Morgan fingerprint density at radius 1 is 1.36 bits per heavy atom. The van der Waals surface area contributed by atoms with Gasteiger partial charge in [0, 0.05) is 37.1 Å². The molecule has 0 N–H and O–H groups in total. The number of hydrogen-bond acceptors (Lipinski definition) is 4. The van der Waals surface area contributed by atoms with E-state index in [0.29, 0.717) is 18.1 Å². The average molecular weight is 337 g/mol. The number of hydrogen-bond donors (Lipinski definition) is 0. The maximum Gasteiger partial charge on any atom is 0.255 e. The monoisotopic (exact) mass is 337 g/mol. The van der Waals surface area contributed by atoms with Crippen LogP contribution < -0.4 is 4.74 Å². The van der Waals surface area contributed by atoms with Gasteiger partial charge in [-0.1, -0.05) is 6.42 Å². The van der Waals surface area contributed by atoms with Gasteiger partial charge < -0.3 is 9.64 Å². The molecule has 0 unspecified atom stereocenters. The van der Waals surface area contributed by atoms with Crippen LogP contribution in [0.3, 0.4) is 0 Å². The van der Waals surface area contributed by atoms with E-state index in [1.54, 1.807) is 24.8 Å². The molecule has 0 radical (unpaired) electrons. The smallest absolute Gasteiger partial charge is 0.255 e. The Morgan fingerprint density at radius 3 is 3.08 bits per heavy atom. The molecule has 5 nitrogen and oxygen atoms in total. The SMILES string of the molecule is Cc1cncc(C(=O)N2C[C@H]3CCC[C@@]3(COc3cccnc3)C2)c1. The van der Waals surface area contributed by atoms with Crippen LogP contribution in [0, 0.1) is 18.3 Å². The van der Waals surface area contributed by atoms with Crippen molar-refractivity contribution in [3.05, 3.63) is 54.1 Å². The number of pyridine rings is 2. The normalized spacial score (nSPS) is 25.0. The second kappa shape index (κ2) is 6.47. The Hall–Kier alpha value is -2.43. The fourth-order valence-electron chi connectivity index (χ4n) is 4.32. The van der Waals surface area contributed by atoms with E-state index in [4.69, 9.17) is 4.74 Å². The molecule has 2 fully saturated rings. The van der Waals surface area contributed by atoms with E-state index in [9.17, 15) is 4.79 Å². The first-order chi connectivity index (χ1) is 12.2. The van der Waals surface area contributed by atoms with Gasteiger partial charge in [0.1, 0.15) is 5.75 Å². The number of ether oxygens (including phenoxy) is 1. The van der Waals surface area contributed by atoms with Crippen LogP contribution in [-0.2, 0) is 0 Å². The summed E-state index contributed by atoms with van der Waals surface area (Å²) in [7, 11) is 0. The third-order valence-electron chi connectivity index (χ3n) is 5.61. The summed E-state index contributed by atoms with van der Waals surface area (Å²) in [5.41, 5.74) is 1.77. The molecule has 0 bridgehead atoms. The van der Waals surface area contributed by atoms with Crippen LogP contribution in [0.15, 0.2) is 43.0 Å². The number of carbonyl (C=O) groups is 1. The first-order valence-corrected chi connectivity index (χ1v) is 8.90. The van der Waals surface area contributed by atoms with E-state index in [0.717, 1.165) is 30.8 Å². The summed E-state index contributed by atoms with van der Waals surface area (Å²) in [6.07, 6.45) is 10.4. The molecule has 5 heteroatoms. The zero-order valence-electron chi connectivity index (χ0n) is 14.5. The fourth-order valence-corrected chi connectivity index (χ4v) is 4.32. The third kappa shape index (κ3) is 3.11. The van der Waals surface area contributed by atoms with Crippen molar-refractivity contribution in [2.24, 2.45) is 11.3 Å². The zero-order valence-corrected chi connectivity index (χ0v) is 14.5.